The molecule has 0 saturated carbocycles. The smallest absolute Gasteiger partial charge is 0.282 e. The fraction of sp³-hybridized carbons (Fsp3) is 0.364. The van der Waals surface area contributed by atoms with Gasteiger partial charge < -0.3 is 14.8 Å². The Balaban J connectivity index is 1.95. The summed E-state index contributed by atoms with van der Waals surface area (Å²) in [7, 11) is 0. The SMILES string of the molecule is OCC(F)(F)CNCc1cn2ccccc2n1. The van der Waals surface area contributed by atoms with E-state index in [1.165, 1.54) is 0 Å². The van der Waals surface area contributed by atoms with Crippen molar-refractivity contribution in [3.8, 4) is 0 Å². The maximum Gasteiger partial charge on any atom is 0.282 e. The number of hydrogen-bond acceptors (Lipinski definition) is 3. The maximum atomic E-state index is 12.7. The number of rotatable bonds is 5. The van der Waals surface area contributed by atoms with Gasteiger partial charge in [0, 0.05) is 18.9 Å². The van der Waals surface area contributed by atoms with Crippen LogP contribution in [0.5, 0.6) is 0 Å². The molecule has 0 aliphatic heterocycles. The normalized spacial score (nSPS) is 12.2. The Morgan fingerprint density at radius 2 is 2.24 bits per heavy atom. The first kappa shape index (κ1) is 11.9. The van der Waals surface area contributed by atoms with E-state index in [-0.39, 0.29) is 6.54 Å². The predicted molar refractivity (Wildman–Crippen MR) is 58.9 cm³/mol. The first-order chi connectivity index (χ1) is 8.11. The lowest BCUT2D eigenvalue weighted by molar-refractivity contribution is -0.0478. The number of pyridine rings is 1. The summed E-state index contributed by atoms with van der Waals surface area (Å²) in [5.74, 6) is -3.08. The average Bonchev–Trinajstić information content (AvgIpc) is 2.71. The molecule has 0 amide bonds. The Morgan fingerprint density at radius 3 is 2.94 bits per heavy atom. The van der Waals surface area contributed by atoms with Gasteiger partial charge in [-0.25, -0.2) is 13.8 Å². The van der Waals surface area contributed by atoms with Crippen LogP contribution >= 0.6 is 0 Å². The van der Waals surface area contributed by atoms with Gasteiger partial charge in [0.05, 0.1) is 12.2 Å². The van der Waals surface area contributed by atoms with E-state index < -0.39 is 19.1 Å². The van der Waals surface area contributed by atoms with E-state index in [0.29, 0.717) is 5.69 Å². The van der Waals surface area contributed by atoms with Crippen LogP contribution in [-0.2, 0) is 6.54 Å². The standard InChI is InChI=1S/C11H13F2N3O/c12-11(13,8-17)7-14-5-9-6-16-4-2-1-3-10(16)15-9/h1-4,6,14,17H,5,7-8H2. The number of aromatic nitrogens is 2. The number of alkyl halides is 2. The molecule has 2 N–H and O–H groups in total. The van der Waals surface area contributed by atoms with Gasteiger partial charge in [0.25, 0.3) is 5.92 Å². The summed E-state index contributed by atoms with van der Waals surface area (Å²) < 4.78 is 27.3. The van der Waals surface area contributed by atoms with Gasteiger partial charge in [-0.3, -0.25) is 0 Å². The third-order valence-electron chi connectivity index (χ3n) is 2.33. The number of fused-ring (bicyclic) bond motifs is 1. The highest BCUT2D eigenvalue weighted by Gasteiger charge is 2.26. The molecule has 0 unspecified atom stereocenters. The van der Waals surface area contributed by atoms with Crippen LogP contribution in [0.3, 0.4) is 0 Å². The van der Waals surface area contributed by atoms with E-state index >= 15 is 0 Å². The van der Waals surface area contributed by atoms with Crippen molar-refractivity contribution in [3.05, 3.63) is 36.3 Å². The number of nitrogens with one attached hydrogen (secondary N) is 1. The highest BCUT2D eigenvalue weighted by atomic mass is 19.3. The van der Waals surface area contributed by atoms with Gasteiger partial charge in [0.15, 0.2) is 0 Å². The molecule has 2 aromatic heterocycles. The minimum absolute atomic E-state index is 0.247. The van der Waals surface area contributed by atoms with Gasteiger partial charge in [0.1, 0.15) is 12.3 Å². The first-order valence-corrected chi connectivity index (χ1v) is 5.23. The van der Waals surface area contributed by atoms with Gasteiger partial charge in [-0.2, -0.15) is 0 Å². The van der Waals surface area contributed by atoms with E-state index in [4.69, 9.17) is 5.11 Å². The Hall–Kier alpha value is -1.53. The molecule has 0 aromatic carbocycles. The molecule has 92 valence electrons. The number of imidazole rings is 1. The summed E-state index contributed by atoms with van der Waals surface area (Å²) in [4.78, 5) is 4.25. The summed E-state index contributed by atoms with van der Waals surface area (Å²) in [6.45, 7) is -1.46. The van der Waals surface area contributed by atoms with Crippen molar-refractivity contribution >= 4 is 5.65 Å². The van der Waals surface area contributed by atoms with Crippen molar-refractivity contribution in [1.82, 2.24) is 14.7 Å². The van der Waals surface area contributed by atoms with Crippen molar-refractivity contribution in [1.29, 1.82) is 0 Å². The minimum Gasteiger partial charge on any atom is -0.390 e. The van der Waals surface area contributed by atoms with Crippen molar-refractivity contribution in [3.63, 3.8) is 0 Å². The number of nitrogens with zero attached hydrogens (tertiary/aromatic N) is 2. The van der Waals surface area contributed by atoms with E-state index in [1.54, 1.807) is 6.20 Å². The fourth-order valence-electron chi connectivity index (χ4n) is 1.50. The molecule has 0 fully saturated rings. The van der Waals surface area contributed by atoms with Crippen LogP contribution in [0.2, 0.25) is 0 Å². The van der Waals surface area contributed by atoms with E-state index in [1.807, 2.05) is 28.8 Å². The molecule has 0 aliphatic rings. The second-order valence-electron chi connectivity index (χ2n) is 3.82. The summed E-state index contributed by atoms with van der Waals surface area (Å²) in [5, 5.41) is 11.0. The van der Waals surface area contributed by atoms with Crippen molar-refractivity contribution < 1.29 is 13.9 Å². The second kappa shape index (κ2) is 4.77. The quantitative estimate of drug-likeness (QED) is 0.822. The Labute approximate surface area is 96.9 Å². The Morgan fingerprint density at radius 1 is 1.41 bits per heavy atom. The minimum atomic E-state index is -3.08. The number of aliphatic hydroxyl groups is 1. The fourth-order valence-corrected chi connectivity index (χ4v) is 1.50. The van der Waals surface area contributed by atoms with Gasteiger partial charge in [-0.05, 0) is 12.1 Å². The van der Waals surface area contributed by atoms with Crippen LogP contribution in [0.4, 0.5) is 8.78 Å². The van der Waals surface area contributed by atoms with Crippen molar-refractivity contribution in [2.24, 2.45) is 0 Å². The molecule has 0 spiro atoms. The molecule has 0 radical (unpaired) electrons. The lowest BCUT2D eigenvalue weighted by Gasteiger charge is -2.12. The third kappa shape index (κ3) is 2.98. The van der Waals surface area contributed by atoms with Crippen LogP contribution in [0, 0.1) is 0 Å². The van der Waals surface area contributed by atoms with Crippen LogP contribution in [0.15, 0.2) is 30.6 Å². The Bertz CT molecular complexity index is 465. The maximum absolute atomic E-state index is 12.7. The Kier molecular flexibility index (Phi) is 3.35. The van der Waals surface area contributed by atoms with Gasteiger partial charge >= 0.3 is 0 Å². The van der Waals surface area contributed by atoms with E-state index in [2.05, 4.69) is 10.3 Å². The zero-order valence-electron chi connectivity index (χ0n) is 9.11. The van der Waals surface area contributed by atoms with Crippen LogP contribution < -0.4 is 5.32 Å². The second-order valence-corrected chi connectivity index (χ2v) is 3.82. The molecule has 6 heteroatoms. The lowest BCUT2D eigenvalue weighted by Crippen LogP contribution is -2.35. The molecule has 0 saturated heterocycles. The first-order valence-electron chi connectivity index (χ1n) is 5.23. The summed E-state index contributed by atoms with van der Waals surface area (Å²) >= 11 is 0. The third-order valence-corrected chi connectivity index (χ3v) is 2.33. The molecule has 2 rings (SSSR count). The van der Waals surface area contributed by atoms with Gasteiger partial charge in [-0.15, -0.1) is 0 Å². The molecule has 0 atom stereocenters. The number of hydrogen-bond donors (Lipinski definition) is 2. The molecule has 0 aliphatic carbocycles. The monoisotopic (exact) mass is 241 g/mol. The van der Waals surface area contributed by atoms with Crippen LogP contribution in [0.1, 0.15) is 5.69 Å². The van der Waals surface area contributed by atoms with E-state index in [0.717, 1.165) is 5.65 Å². The summed E-state index contributed by atoms with van der Waals surface area (Å²) in [5.41, 5.74) is 1.46. The summed E-state index contributed by atoms with van der Waals surface area (Å²) in [6, 6.07) is 5.57. The largest absolute Gasteiger partial charge is 0.390 e. The predicted octanol–water partition coefficient (Wildman–Crippen LogP) is 1.05. The van der Waals surface area contributed by atoms with E-state index in [9.17, 15) is 8.78 Å². The zero-order chi connectivity index (χ0) is 12.3. The molecule has 2 heterocycles. The van der Waals surface area contributed by atoms with Crippen molar-refractivity contribution in [2.45, 2.75) is 12.5 Å². The van der Waals surface area contributed by atoms with Crippen LogP contribution in [-0.4, -0.2) is 33.6 Å². The number of aliphatic hydroxyl groups excluding tert-OH is 1. The van der Waals surface area contributed by atoms with Crippen molar-refractivity contribution in [2.75, 3.05) is 13.2 Å². The van der Waals surface area contributed by atoms with Gasteiger partial charge in [0.2, 0.25) is 0 Å². The molecular weight excluding hydrogens is 228 g/mol. The molecule has 0 bridgehead atoms. The average molecular weight is 241 g/mol. The molecular formula is C11H13F2N3O. The zero-order valence-corrected chi connectivity index (χ0v) is 9.11. The summed E-state index contributed by atoms with van der Waals surface area (Å²) in [6.07, 6.45) is 3.62. The number of halogens is 2. The highest BCUT2D eigenvalue weighted by molar-refractivity contribution is 5.39. The molecule has 2 aromatic rings. The topological polar surface area (TPSA) is 49.6 Å². The lowest BCUT2D eigenvalue weighted by atomic mass is 10.3. The molecule has 4 nitrogen and oxygen atoms in total. The highest BCUT2D eigenvalue weighted by Crippen LogP contribution is 2.10. The molecule has 17 heavy (non-hydrogen) atoms. The van der Waals surface area contributed by atoms with Crippen LogP contribution in [0.25, 0.3) is 5.65 Å². The van der Waals surface area contributed by atoms with Gasteiger partial charge in [-0.1, -0.05) is 6.07 Å².